The molecular weight excluding hydrogens is 260 g/mol. The summed E-state index contributed by atoms with van der Waals surface area (Å²) in [5.41, 5.74) is 0.794. The number of hydrogen-bond acceptors (Lipinski definition) is 3. The van der Waals surface area contributed by atoms with Crippen LogP contribution in [0.4, 0.5) is 0 Å². The van der Waals surface area contributed by atoms with E-state index >= 15 is 0 Å². The molecule has 0 atom stereocenters. The highest BCUT2D eigenvalue weighted by molar-refractivity contribution is 7.90. The van der Waals surface area contributed by atoms with Crippen LogP contribution in [0.25, 0.3) is 0 Å². The second kappa shape index (κ2) is 6.53. The molecule has 0 radical (unpaired) electrons. The Morgan fingerprint density at radius 2 is 2.18 bits per heavy atom. The summed E-state index contributed by atoms with van der Waals surface area (Å²) >= 11 is 5.45. The van der Waals surface area contributed by atoms with Crippen molar-refractivity contribution >= 4 is 21.4 Å². The van der Waals surface area contributed by atoms with Gasteiger partial charge in [0.25, 0.3) is 0 Å². The Balaban J connectivity index is 2.60. The average Bonchev–Trinajstić information content (AvgIpc) is 2.25. The minimum absolute atomic E-state index is 0.00455. The van der Waals surface area contributed by atoms with E-state index in [1.54, 1.807) is 18.2 Å². The summed E-state index contributed by atoms with van der Waals surface area (Å²) in [5.74, 6) is 6.49. The SMILES string of the molecule is CS(=O)(=O)CCOc1cccc(C#CCCl)c1. The molecule has 0 aromatic heterocycles. The molecule has 0 spiro atoms. The molecule has 0 unspecified atom stereocenters. The average molecular weight is 273 g/mol. The van der Waals surface area contributed by atoms with Crippen LogP contribution in [0.1, 0.15) is 5.56 Å². The second-order valence-corrected chi connectivity index (χ2v) is 5.97. The van der Waals surface area contributed by atoms with Gasteiger partial charge in [-0.05, 0) is 18.2 Å². The topological polar surface area (TPSA) is 43.4 Å². The summed E-state index contributed by atoms with van der Waals surface area (Å²) in [6, 6.07) is 7.15. The maximum absolute atomic E-state index is 10.9. The molecule has 0 N–H and O–H groups in total. The van der Waals surface area contributed by atoms with E-state index in [9.17, 15) is 8.42 Å². The lowest BCUT2D eigenvalue weighted by Crippen LogP contribution is -2.12. The van der Waals surface area contributed by atoms with Gasteiger partial charge in [-0.15, -0.1) is 11.6 Å². The summed E-state index contributed by atoms with van der Waals surface area (Å²) in [6.07, 6.45) is 1.18. The number of alkyl halides is 1. The van der Waals surface area contributed by atoms with Crippen molar-refractivity contribution in [1.82, 2.24) is 0 Å². The van der Waals surface area contributed by atoms with Crippen LogP contribution in [0.15, 0.2) is 24.3 Å². The molecule has 0 bridgehead atoms. The maximum atomic E-state index is 10.9. The monoisotopic (exact) mass is 272 g/mol. The van der Waals surface area contributed by atoms with Crippen LogP contribution < -0.4 is 4.74 Å². The van der Waals surface area contributed by atoms with Gasteiger partial charge in [-0.2, -0.15) is 0 Å². The number of hydrogen-bond donors (Lipinski definition) is 0. The zero-order valence-electron chi connectivity index (χ0n) is 9.44. The van der Waals surface area contributed by atoms with Gasteiger partial charge in [0.2, 0.25) is 0 Å². The maximum Gasteiger partial charge on any atom is 0.150 e. The van der Waals surface area contributed by atoms with E-state index in [2.05, 4.69) is 11.8 Å². The van der Waals surface area contributed by atoms with Crippen LogP contribution in [0, 0.1) is 11.8 Å². The Kier molecular flexibility index (Phi) is 5.33. The molecule has 0 aliphatic carbocycles. The lowest BCUT2D eigenvalue weighted by Gasteiger charge is -2.05. The van der Waals surface area contributed by atoms with Crippen molar-refractivity contribution in [3.05, 3.63) is 29.8 Å². The standard InChI is InChI=1S/C12H13ClO3S/c1-17(14,15)9-8-16-12-6-2-4-11(10-12)5-3-7-13/h2,4,6,10H,7-9H2,1H3. The zero-order valence-corrected chi connectivity index (χ0v) is 11.0. The molecule has 17 heavy (non-hydrogen) atoms. The van der Waals surface area contributed by atoms with Crippen molar-refractivity contribution < 1.29 is 13.2 Å². The molecule has 0 saturated carbocycles. The predicted octanol–water partition coefficient (Wildman–Crippen LogP) is 1.70. The van der Waals surface area contributed by atoms with Crippen molar-refractivity contribution in [2.45, 2.75) is 0 Å². The van der Waals surface area contributed by atoms with Crippen molar-refractivity contribution in [3.63, 3.8) is 0 Å². The first-order valence-electron chi connectivity index (χ1n) is 4.97. The van der Waals surface area contributed by atoms with Crippen LogP contribution in [0.3, 0.4) is 0 Å². The minimum atomic E-state index is -2.99. The Labute approximate surface area is 107 Å². The molecular formula is C12H13ClO3S. The summed E-state index contributed by atoms with van der Waals surface area (Å²) in [6.45, 7) is 0.144. The molecule has 1 aromatic carbocycles. The van der Waals surface area contributed by atoms with E-state index in [-0.39, 0.29) is 18.2 Å². The minimum Gasteiger partial charge on any atom is -0.492 e. The fourth-order valence-electron chi connectivity index (χ4n) is 1.11. The van der Waals surface area contributed by atoms with E-state index in [4.69, 9.17) is 16.3 Å². The van der Waals surface area contributed by atoms with E-state index in [1.165, 1.54) is 6.26 Å². The number of sulfone groups is 1. The number of rotatable bonds is 4. The molecule has 1 rings (SSSR count). The highest BCUT2D eigenvalue weighted by Crippen LogP contribution is 2.12. The highest BCUT2D eigenvalue weighted by atomic mass is 35.5. The van der Waals surface area contributed by atoms with Gasteiger partial charge in [-0.1, -0.05) is 17.9 Å². The molecule has 1 aromatic rings. The van der Waals surface area contributed by atoms with Gasteiger partial charge in [-0.3, -0.25) is 0 Å². The fourth-order valence-corrected chi connectivity index (χ4v) is 1.56. The summed E-state index contributed by atoms with van der Waals surface area (Å²) in [5, 5.41) is 0. The number of ether oxygens (including phenoxy) is 1. The third-order valence-electron chi connectivity index (χ3n) is 1.86. The van der Waals surface area contributed by atoms with Gasteiger partial charge in [0.15, 0.2) is 9.84 Å². The highest BCUT2D eigenvalue weighted by Gasteiger charge is 2.02. The van der Waals surface area contributed by atoms with Gasteiger partial charge in [0.05, 0.1) is 11.6 Å². The number of halogens is 1. The van der Waals surface area contributed by atoms with Gasteiger partial charge in [-0.25, -0.2) is 8.42 Å². The smallest absolute Gasteiger partial charge is 0.150 e. The van der Waals surface area contributed by atoms with E-state index < -0.39 is 9.84 Å². The van der Waals surface area contributed by atoms with Crippen LogP contribution in [0.2, 0.25) is 0 Å². The van der Waals surface area contributed by atoms with E-state index in [1.807, 2.05) is 6.07 Å². The lowest BCUT2D eigenvalue weighted by atomic mass is 10.2. The normalized spacial score (nSPS) is 10.5. The molecule has 0 heterocycles. The molecule has 3 nitrogen and oxygen atoms in total. The first kappa shape index (κ1) is 13.9. The molecule has 0 fully saturated rings. The van der Waals surface area contributed by atoms with Gasteiger partial charge in [0.1, 0.15) is 12.4 Å². The zero-order chi connectivity index (χ0) is 12.7. The number of benzene rings is 1. The summed E-state index contributed by atoms with van der Waals surface area (Å²) in [4.78, 5) is 0. The third-order valence-corrected chi connectivity index (χ3v) is 2.90. The van der Waals surface area contributed by atoms with Crippen LogP contribution in [-0.4, -0.2) is 32.9 Å². The Morgan fingerprint density at radius 1 is 1.41 bits per heavy atom. The van der Waals surface area contributed by atoms with Crippen LogP contribution in [0.5, 0.6) is 5.75 Å². The first-order chi connectivity index (χ1) is 8.01. The van der Waals surface area contributed by atoms with Gasteiger partial charge in [0, 0.05) is 11.8 Å². The fraction of sp³-hybridized carbons (Fsp3) is 0.333. The Hall–Kier alpha value is -1.18. The molecule has 0 saturated heterocycles. The molecule has 5 heteroatoms. The quantitative estimate of drug-likeness (QED) is 0.619. The second-order valence-electron chi connectivity index (χ2n) is 3.44. The van der Waals surface area contributed by atoms with E-state index in [0.29, 0.717) is 5.75 Å². The molecule has 0 aliphatic rings. The summed E-state index contributed by atoms with van der Waals surface area (Å²) < 4.78 is 27.1. The van der Waals surface area contributed by atoms with Crippen molar-refractivity contribution in [2.24, 2.45) is 0 Å². The molecule has 0 amide bonds. The van der Waals surface area contributed by atoms with Gasteiger partial charge >= 0.3 is 0 Å². The lowest BCUT2D eigenvalue weighted by molar-refractivity contribution is 0.341. The predicted molar refractivity (Wildman–Crippen MR) is 69.2 cm³/mol. The van der Waals surface area contributed by atoms with Crippen molar-refractivity contribution in [2.75, 3.05) is 24.5 Å². The Bertz CT molecular complexity index is 526. The Morgan fingerprint density at radius 3 is 2.82 bits per heavy atom. The third kappa shape index (κ3) is 6.20. The largest absolute Gasteiger partial charge is 0.492 e. The van der Waals surface area contributed by atoms with Crippen LogP contribution in [-0.2, 0) is 9.84 Å². The van der Waals surface area contributed by atoms with Crippen molar-refractivity contribution in [3.8, 4) is 17.6 Å². The van der Waals surface area contributed by atoms with Crippen LogP contribution >= 0.6 is 11.6 Å². The van der Waals surface area contributed by atoms with Gasteiger partial charge < -0.3 is 4.74 Å². The molecule has 92 valence electrons. The molecule has 0 aliphatic heterocycles. The summed E-state index contributed by atoms with van der Waals surface area (Å²) in [7, 11) is -2.99. The van der Waals surface area contributed by atoms with E-state index in [0.717, 1.165) is 5.56 Å². The first-order valence-corrected chi connectivity index (χ1v) is 7.56. The van der Waals surface area contributed by atoms with Crippen molar-refractivity contribution in [1.29, 1.82) is 0 Å².